The number of nitrogens with zero attached hydrogens (tertiary/aromatic N) is 6. The van der Waals surface area contributed by atoms with Crippen LogP contribution in [-0.4, -0.2) is 68.1 Å². The van der Waals surface area contributed by atoms with Crippen LogP contribution < -0.4 is 9.46 Å². The number of benzene rings is 2. The van der Waals surface area contributed by atoms with E-state index in [9.17, 15) is 13.2 Å². The van der Waals surface area contributed by atoms with Crippen LogP contribution in [0.2, 0.25) is 0 Å². The first-order chi connectivity index (χ1) is 25.0. The maximum Gasteiger partial charge on any atom is 0.264 e. The molecule has 2 aromatic carbocycles. The van der Waals surface area contributed by atoms with Crippen LogP contribution in [0, 0.1) is 13.8 Å². The van der Waals surface area contributed by atoms with E-state index in [0.717, 1.165) is 40.7 Å². The summed E-state index contributed by atoms with van der Waals surface area (Å²) >= 11 is 0. The number of aromatic nitrogens is 5. The first kappa shape index (κ1) is 36.5. The number of nitrogens with one attached hydrogen (secondary N) is 1. The Kier molecular flexibility index (Phi) is 9.30. The number of fused-ring (bicyclic) bond motifs is 5. The number of hydrogen-bond acceptors (Lipinski definition) is 9. The van der Waals surface area contributed by atoms with E-state index in [1.54, 1.807) is 29.3 Å². The Morgan fingerprint density at radius 2 is 1.74 bits per heavy atom. The number of ether oxygens (including phenoxy) is 2. The number of carbonyl (C=O) groups excluding carboxylic acids is 1. The van der Waals surface area contributed by atoms with E-state index < -0.39 is 16.1 Å². The summed E-state index contributed by atoms with van der Waals surface area (Å²) in [6, 6.07) is 15.2. The van der Waals surface area contributed by atoms with Gasteiger partial charge in [0.15, 0.2) is 5.65 Å². The van der Waals surface area contributed by atoms with Crippen molar-refractivity contribution in [1.82, 2.24) is 29.4 Å². The molecule has 4 bridgehead atoms. The van der Waals surface area contributed by atoms with Gasteiger partial charge < -0.3 is 18.9 Å². The third-order valence-corrected chi connectivity index (χ3v) is 11.5. The third kappa shape index (κ3) is 7.50. The Balaban J connectivity index is 1.36. The van der Waals surface area contributed by atoms with Gasteiger partial charge in [0.05, 0.1) is 46.8 Å². The van der Waals surface area contributed by atoms with E-state index in [1.165, 1.54) is 12.1 Å². The molecule has 5 aromatic rings. The number of sulfonamides is 1. The number of carbonyl (C=O) groups is 1. The summed E-state index contributed by atoms with van der Waals surface area (Å²) in [5.74, 6) is -0.331. The summed E-state index contributed by atoms with van der Waals surface area (Å²) in [5, 5.41) is 0. The van der Waals surface area contributed by atoms with Crippen molar-refractivity contribution >= 4 is 33.0 Å². The molecule has 0 radical (unpaired) electrons. The zero-order chi connectivity index (χ0) is 37.9. The maximum absolute atomic E-state index is 14.7. The van der Waals surface area contributed by atoms with Gasteiger partial charge in [-0.05, 0) is 82.3 Å². The van der Waals surface area contributed by atoms with Crippen molar-refractivity contribution in [3.8, 4) is 17.1 Å². The quantitative estimate of drug-likeness (QED) is 0.204. The molecule has 13 heteroatoms. The van der Waals surface area contributed by atoms with Crippen LogP contribution >= 0.6 is 0 Å². The molecule has 1 saturated heterocycles. The van der Waals surface area contributed by atoms with E-state index in [1.807, 2.05) is 43.7 Å². The Morgan fingerprint density at radius 3 is 2.43 bits per heavy atom. The molecule has 0 unspecified atom stereocenters. The van der Waals surface area contributed by atoms with Crippen molar-refractivity contribution in [1.29, 1.82) is 0 Å². The van der Waals surface area contributed by atoms with Crippen LogP contribution in [0.4, 0.5) is 5.95 Å². The normalized spacial score (nSPS) is 19.9. The number of rotatable bonds is 5. The van der Waals surface area contributed by atoms with E-state index >= 15 is 0 Å². The molecule has 0 spiro atoms. The van der Waals surface area contributed by atoms with Crippen molar-refractivity contribution in [2.24, 2.45) is 7.05 Å². The van der Waals surface area contributed by atoms with Crippen LogP contribution in [0.15, 0.2) is 65.7 Å². The Hall–Kier alpha value is -4.88. The van der Waals surface area contributed by atoms with Crippen LogP contribution in [-0.2, 0) is 33.8 Å². The fourth-order valence-electron chi connectivity index (χ4n) is 7.50. The minimum absolute atomic E-state index is 0.0507. The molecule has 5 heterocycles. The molecule has 0 aliphatic carbocycles. The molecule has 0 saturated carbocycles. The fraction of sp³-hybridized carbons (Fsp3) is 0.425. The molecule has 2 aliphatic rings. The maximum atomic E-state index is 14.7. The second-order valence-electron chi connectivity index (χ2n) is 15.9. The average molecular weight is 738 g/mol. The SMILES string of the molecule is Cc1cccc(C)c1-c1cc2nc(n1)NS(=O)(=O)c1cccc(c1)C(=O)N(Cc1cnc3cc(C(C)(C)C)n(C)c3n1)[C@H](C[C@H]1CCC(C)(C)O1)CO2. The van der Waals surface area contributed by atoms with Gasteiger partial charge in [-0.25, -0.2) is 23.1 Å². The number of hydrogen-bond donors (Lipinski definition) is 1. The average Bonchev–Trinajstić information content (AvgIpc) is 3.62. The van der Waals surface area contributed by atoms with E-state index in [-0.39, 0.29) is 58.5 Å². The van der Waals surface area contributed by atoms with Gasteiger partial charge in [-0.2, -0.15) is 4.98 Å². The molecule has 2 aliphatic heterocycles. The molecule has 3 aromatic heterocycles. The fourth-order valence-corrected chi connectivity index (χ4v) is 8.49. The predicted octanol–water partition coefficient (Wildman–Crippen LogP) is 6.89. The van der Waals surface area contributed by atoms with Gasteiger partial charge in [0, 0.05) is 35.3 Å². The summed E-state index contributed by atoms with van der Waals surface area (Å²) in [5.41, 5.74) is 6.24. The molecule has 7 rings (SSSR count). The second-order valence-corrected chi connectivity index (χ2v) is 17.6. The van der Waals surface area contributed by atoms with Crippen LogP contribution in [0.1, 0.15) is 86.8 Å². The molecule has 2 atom stereocenters. The van der Waals surface area contributed by atoms with Crippen LogP contribution in [0.5, 0.6) is 5.88 Å². The van der Waals surface area contributed by atoms with Gasteiger partial charge in [-0.3, -0.25) is 9.78 Å². The number of anilines is 1. The highest BCUT2D eigenvalue weighted by Crippen LogP contribution is 2.35. The Labute approximate surface area is 311 Å². The monoisotopic (exact) mass is 737 g/mol. The molecular formula is C40H47N7O5S. The summed E-state index contributed by atoms with van der Waals surface area (Å²) in [7, 11) is -2.23. The lowest BCUT2D eigenvalue weighted by molar-refractivity contribution is -0.0318. The van der Waals surface area contributed by atoms with Gasteiger partial charge in [-0.1, -0.05) is 45.0 Å². The van der Waals surface area contributed by atoms with Crippen molar-refractivity contribution in [2.45, 2.75) is 102 Å². The van der Waals surface area contributed by atoms with Crippen LogP contribution in [0.25, 0.3) is 22.4 Å². The lowest BCUT2D eigenvalue weighted by Gasteiger charge is -2.33. The second kappa shape index (κ2) is 13.5. The van der Waals surface area contributed by atoms with Crippen molar-refractivity contribution in [3.05, 3.63) is 88.9 Å². The molecular weight excluding hydrogens is 691 g/mol. The third-order valence-electron chi connectivity index (χ3n) is 10.2. The highest BCUT2D eigenvalue weighted by molar-refractivity contribution is 7.92. The van der Waals surface area contributed by atoms with E-state index in [2.05, 4.69) is 55.4 Å². The van der Waals surface area contributed by atoms with Gasteiger partial charge in [0.1, 0.15) is 12.1 Å². The predicted molar refractivity (Wildman–Crippen MR) is 203 cm³/mol. The van der Waals surface area contributed by atoms with Gasteiger partial charge in [0.25, 0.3) is 15.9 Å². The zero-order valence-corrected chi connectivity index (χ0v) is 32.4. The Morgan fingerprint density at radius 1 is 1.00 bits per heavy atom. The first-order valence-electron chi connectivity index (χ1n) is 18.0. The van der Waals surface area contributed by atoms with Crippen molar-refractivity contribution in [2.75, 3.05) is 11.3 Å². The first-order valence-corrected chi connectivity index (χ1v) is 19.5. The molecule has 1 N–H and O–H groups in total. The molecule has 278 valence electrons. The summed E-state index contributed by atoms with van der Waals surface area (Å²) in [4.78, 5) is 35.3. The largest absolute Gasteiger partial charge is 0.475 e. The summed E-state index contributed by atoms with van der Waals surface area (Å²) in [6.45, 7) is 14.7. The highest BCUT2D eigenvalue weighted by Gasteiger charge is 2.37. The molecule has 1 fully saturated rings. The summed E-state index contributed by atoms with van der Waals surface area (Å²) < 4.78 is 45.2. The highest BCUT2D eigenvalue weighted by atomic mass is 32.2. The molecule has 1 amide bonds. The lowest BCUT2D eigenvalue weighted by atomic mass is 9.92. The Bertz CT molecular complexity index is 2310. The van der Waals surface area contributed by atoms with Gasteiger partial charge >= 0.3 is 0 Å². The van der Waals surface area contributed by atoms with Crippen LogP contribution in [0.3, 0.4) is 0 Å². The standard InChI is InChI=1S/C40H47N7O5S/c1-24-11-9-12-25(2)35(24)31-20-34-44-38(43-31)45-53(49,50)30-14-10-13-26(17-30)37(48)47(28(23-51-34)18-29-15-16-40(6,7)52-29)22-27-21-41-32-19-33(39(3,4)5)46(8)36(32)42-27/h9-14,17,19-21,28-29H,15-16,18,22-23H2,1-8H3,(H,43,44,45)/t28-,29-/m1/s1. The minimum atomic E-state index is -4.21. The number of amides is 1. The zero-order valence-electron chi connectivity index (χ0n) is 31.6. The number of aryl methyl sites for hydroxylation is 3. The summed E-state index contributed by atoms with van der Waals surface area (Å²) in [6.07, 6.45) is 3.74. The minimum Gasteiger partial charge on any atom is -0.475 e. The molecule has 12 nitrogen and oxygen atoms in total. The van der Waals surface area contributed by atoms with E-state index in [0.29, 0.717) is 23.5 Å². The van der Waals surface area contributed by atoms with Gasteiger partial charge in [0.2, 0.25) is 11.8 Å². The van der Waals surface area contributed by atoms with Gasteiger partial charge in [-0.15, -0.1) is 0 Å². The lowest BCUT2D eigenvalue weighted by Crippen LogP contribution is -2.45. The smallest absolute Gasteiger partial charge is 0.264 e. The van der Waals surface area contributed by atoms with Crippen molar-refractivity contribution in [3.63, 3.8) is 0 Å². The van der Waals surface area contributed by atoms with E-state index in [4.69, 9.17) is 19.4 Å². The van der Waals surface area contributed by atoms with Crippen molar-refractivity contribution < 1.29 is 22.7 Å². The molecule has 53 heavy (non-hydrogen) atoms. The topological polar surface area (TPSA) is 141 Å².